The third-order valence-electron chi connectivity index (χ3n) is 1.76. The molecule has 0 spiro atoms. The van der Waals surface area contributed by atoms with Crippen molar-refractivity contribution in [3.05, 3.63) is 34.6 Å². The lowest BCUT2D eigenvalue weighted by Gasteiger charge is -1.91. The number of pyridine rings is 1. The number of hydrogen-bond donors (Lipinski definition) is 1. The molecule has 72 valence electrons. The lowest BCUT2D eigenvalue weighted by atomic mass is 10.3. The van der Waals surface area contributed by atoms with Crippen LogP contribution in [0.15, 0.2) is 24.5 Å². The predicted molar refractivity (Wildman–Crippen MR) is 58.2 cm³/mol. The van der Waals surface area contributed by atoms with Gasteiger partial charge in [0, 0.05) is 24.5 Å². The van der Waals surface area contributed by atoms with Crippen LogP contribution in [0.1, 0.15) is 4.88 Å². The minimum Gasteiger partial charge on any atom is -0.326 e. The fourth-order valence-corrected chi connectivity index (χ4v) is 2.24. The van der Waals surface area contributed by atoms with Gasteiger partial charge < -0.3 is 5.73 Å². The second kappa shape index (κ2) is 4.04. The number of hydrogen-bond acceptors (Lipinski definition) is 4. The summed E-state index contributed by atoms with van der Waals surface area (Å²) in [6.45, 7) is 0.432. The zero-order valence-corrected chi connectivity index (χ0v) is 8.85. The maximum atomic E-state index is 5.90. The summed E-state index contributed by atoms with van der Waals surface area (Å²) in [6.07, 6.45) is 3.46. The molecule has 2 N–H and O–H groups in total. The molecule has 0 fully saturated rings. The Balaban J connectivity index is 2.43. The molecule has 2 aromatic heterocycles. The molecular weight excluding hydrogens is 218 g/mol. The van der Waals surface area contributed by atoms with Crippen LogP contribution in [-0.2, 0) is 6.54 Å². The Bertz CT molecular complexity index is 427. The van der Waals surface area contributed by atoms with Crippen molar-refractivity contribution in [2.75, 3.05) is 0 Å². The van der Waals surface area contributed by atoms with Crippen molar-refractivity contribution in [2.24, 2.45) is 5.73 Å². The van der Waals surface area contributed by atoms with E-state index >= 15 is 0 Å². The summed E-state index contributed by atoms with van der Waals surface area (Å²) in [5.41, 5.74) is 6.54. The minimum absolute atomic E-state index is 0.432. The van der Waals surface area contributed by atoms with Gasteiger partial charge in [0.2, 0.25) is 0 Å². The molecule has 2 heterocycles. The van der Waals surface area contributed by atoms with Crippen LogP contribution < -0.4 is 5.73 Å². The largest absolute Gasteiger partial charge is 0.326 e. The van der Waals surface area contributed by atoms with E-state index in [0.29, 0.717) is 11.7 Å². The van der Waals surface area contributed by atoms with Gasteiger partial charge in [0.1, 0.15) is 10.2 Å². The number of nitrogens with two attached hydrogens (primary N) is 1. The van der Waals surface area contributed by atoms with E-state index < -0.39 is 0 Å². The number of rotatable bonds is 2. The van der Waals surface area contributed by atoms with Gasteiger partial charge >= 0.3 is 0 Å². The van der Waals surface area contributed by atoms with Gasteiger partial charge in [0.05, 0.1) is 4.88 Å². The highest BCUT2D eigenvalue weighted by Gasteiger charge is 2.08. The summed E-state index contributed by atoms with van der Waals surface area (Å²) >= 11 is 7.42. The lowest BCUT2D eigenvalue weighted by molar-refractivity contribution is 1.10. The Kier molecular flexibility index (Phi) is 2.77. The first-order valence-corrected chi connectivity index (χ1v) is 5.26. The van der Waals surface area contributed by atoms with Crippen LogP contribution in [0, 0.1) is 0 Å². The van der Waals surface area contributed by atoms with E-state index in [1.54, 1.807) is 12.4 Å². The third-order valence-corrected chi connectivity index (χ3v) is 3.31. The smallest absolute Gasteiger partial charge is 0.145 e. The van der Waals surface area contributed by atoms with Crippen molar-refractivity contribution in [3.8, 4) is 10.6 Å². The SMILES string of the molecule is NCc1sc(-c2ccncc2)nc1Cl. The van der Waals surface area contributed by atoms with Crippen molar-refractivity contribution < 1.29 is 0 Å². The molecule has 0 unspecified atom stereocenters. The Labute approximate surface area is 90.6 Å². The average Bonchev–Trinajstić information content (AvgIpc) is 2.61. The maximum Gasteiger partial charge on any atom is 0.145 e. The zero-order chi connectivity index (χ0) is 9.97. The molecular formula is C9H8ClN3S. The minimum atomic E-state index is 0.432. The third kappa shape index (κ3) is 1.77. The molecule has 0 saturated carbocycles. The summed E-state index contributed by atoms with van der Waals surface area (Å²) in [7, 11) is 0. The number of aromatic nitrogens is 2. The van der Waals surface area contributed by atoms with Crippen LogP contribution in [-0.4, -0.2) is 9.97 Å². The van der Waals surface area contributed by atoms with Crippen LogP contribution in [0.4, 0.5) is 0 Å². The molecule has 3 nitrogen and oxygen atoms in total. The van der Waals surface area contributed by atoms with Crippen molar-refractivity contribution in [2.45, 2.75) is 6.54 Å². The highest BCUT2D eigenvalue weighted by Crippen LogP contribution is 2.29. The summed E-state index contributed by atoms with van der Waals surface area (Å²) < 4.78 is 0. The molecule has 0 aromatic carbocycles. The number of thiazole rings is 1. The zero-order valence-electron chi connectivity index (χ0n) is 7.27. The van der Waals surface area contributed by atoms with Crippen LogP contribution in [0.3, 0.4) is 0 Å². The van der Waals surface area contributed by atoms with E-state index in [9.17, 15) is 0 Å². The van der Waals surface area contributed by atoms with Gasteiger partial charge in [-0.1, -0.05) is 11.6 Å². The molecule has 5 heteroatoms. The molecule has 0 radical (unpaired) electrons. The van der Waals surface area contributed by atoms with Gasteiger partial charge in [-0.05, 0) is 12.1 Å². The fraction of sp³-hybridized carbons (Fsp3) is 0.111. The quantitative estimate of drug-likeness (QED) is 0.854. The molecule has 0 saturated heterocycles. The van der Waals surface area contributed by atoms with E-state index in [0.717, 1.165) is 15.4 Å². The summed E-state index contributed by atoms with van der Waals surface area (Å²) in [5.74, 6) is 0. The van der Waals surface area contributed by atoms with Gasteiger partial charge in [-0.2, -0.15) is 0 Å². The normalized spacial score (nSPS) is 10.4. The molecule has 2 aromatic rings. The van der Waals surface area contributed by atoms with Gasteiger partial charge in [-0.25, -0.2) is 4.98 Å². The molecule has 0 aliphatic rings. The van der Waals surface area contributed by atoms with Crippen LogP contribution in [0.5, 0.6) is 0 Å². The van der Waals surface area contributed by atoms with Crippen molar-refractivity contribution in [3.63, 3.8) is 0 Å². The molecule has 0 bridgehead atoms. The van der Waals surface area contributed by atoms with Crippen molar-refractivity contribution >= 4 is 22.9 Å². The predicted octanol–water partition coefficient (Wildman–Crippen LogP) is 2.32. The van der Waals surface area contributed by atoms with Gasteiger partial charge in [0.25, 0.3) is 0 Å². The highest BCUT2D eigenvalue weighted by molar-refractivity contribution is 7.15. The Morgan fingerprint density at radius 2 is 2.07 bits per heavy atom. The standard InChI is InChI=1S/C9H8ClN3S/c10-8-7(5-11)14-9(13-8)6-1-3-12-4-2-6/h1-4H,5,11H2. The molecule has 2 rings (SSSR count). The molecule has 0 aliphatic heterocycles. The second-order valence-electron chi connectivity index (χ2n) is 2.67. The Morgan fingerprint density at radius 3 is 2.64 bits per heavy atom. The second-order valence-corrected chi connectivity index (χ2v) is 4.11. The Hall–Kier alpha value is -0.970. The molecule has 0 aliphatic carbocycles. The first-order valence-electron chi connectivity index (χ1n) is 4.07. The fourth-order valence-electron chi connectivity index (χ4n) is 1.08. The highest BCUT2D eigenvalue weighted by atomic mass is 35.5. The van der Waals surface area contributed by atoms with Gasteiger partial charge in [-0.15, -0.1) is 11.3 Å². The molecule has 0 atom stereocenters. The van der Waals surface area contributed by atoms with Crippen molar-refractivity contribution in [1.82, 2.24) is 9.97 Å². The summed E-state index contributed by atoms with van der Waals surface area (Å²) in [4.78, 5) is 9.08. The molecule has 14 heavy (non-hydrogen) atoms. The monoisotopic (exact) mass is 225 g/mol. The van der Waals surface area contributed by atoms with Crippen molar-refractivity contribution in [1.29, 1.82) is 0 Å². The average molecular weight is 226 g/mol. The topological polar surface area (TPSA) is 51.8 Å². The van der Waals surface area contributed by atoms with Crippen LogP contribution in [0.25, 0.3) is 10.6 Å². The van der Waals surface area contributed by atoms with E-state index in [-0.39, 0.29) is 0 Å². The lowest BCUT2D eigenvalue weighted by Crippen LogP contribution is -1.92. The summed E-state index contributed by atoms with van der Waals surface area (Å²) in [6, 6.07) is 3.80. The molecule has 0 amide bonds. The summed E-state index contributed by atoms with van der Waals surface area (Å²) in [5, 5.41) is 1.39. The van der Waals surface area contributed by atoms with E-state index in [2.05, 4.69) is 9.97 Å². The first-order chi connectivity index (χ1) is 6.81. The Morgan fingerprint density at radius 1 is 1.36 bits per heavy atom. The van der Waals surface area contributed by atoms with Crippen LogP contribution >= 0.6 is 22.9 Å². The van der Waals surface area contributed by atoms with E-state index in [1.165, 1.54) is 11.3 Å². The number of halogens is 1. The van der Waals surface area contributed by atoms with Crippen LogP contribution in [0.2, 0.25) is 5.15 Å². The maximum absolute atomic E-state index is 5.90. The first kappa shape index (κ1) is 9.58. The van der Waals surface area contributed by atoms with Gasteiger partial charge in [0.15, 0.2) is 0 Å². The van der Waals surface area contributed by atoms with Gasteiger partial charge in [-0.3, -0.25) is 4.98 Å². The van der Waals surface area contributed by atoms with E-state index in [1.807, 2.05) is 12.1 Å². The van der Waals surface area contributed by atoms with E-state index in [4.69, 9.17) is 17.3 Å². The number of nitrogens with zero attached hydrogens (tertiary/aromatic N) is 2.